The summed E-state index contributed by atoms with van der Waals surface area (Å²) < 4.78 is 10.7. The van der Waals surface area contributed by atoms with E-state index in [-0.39, 0.29) is 5.95 Å². The minimum atomic E-state index is 0.0936. The highest BCUT2D eigenvalue weighted by molar-refractivity contribution is 5.75. The van der Waals surface area contributed by atoms with Crippen molar-refractivity contribution in [2.75, 3.05) is 12.8 Å². The van der Waals surface area contributed by atoms with Crippen LogP contribution in [0.5, 0.6) is 11.6 Å². The van der Waals surface area contributed by atoms with Gasteiger partial charge in [-0.3, -0.25) is 0 Å². The van der Waals surface area contributed by atoms with Crippen molar-refractivity contribution in [1.82, 2.24) is 25.4 Å². The van der Waals surface area contributed by atoms with Gasteiger partial charge < -0.3 is 15.2 Å². The van der Waals surface area contributed by atoms with Crippen LogP contribution in [0, 0.1) is 0 Å². The van der Waals surface area contributed by atoms with E-state index < -0.39 is 0 Å². The number of hydrogen-bond donors (Lipinski definition) is 2. The number of rotatable bonds is 4. The number of nitrogen functional groups attached to an aromatic ring is 1. The molecule has 0 fully saturated rings. The summed E-state index contributed by atoms with van der Waals surface area (Å²) in [4.78, 5) is 7.96. The van der Waals surface area contributed by atoms with Crippen molar-refractivity contribution >= 4 is 17.1 Å². The number of ether oxygens (including phenoxy) is 2. The van der Waals surface area contributed by atoms with E-state index >= 15 is 0 Å². The summed E-state index contributed by atoms with van der Waals surface area (Å²) in [6.07, 6.45) is 0. The standard InChI is InChI=1S/C12H12N6O2/c1-19-8-4-2-7(3-5-8)6-20-11-9-10(17-18-16-9)14-12(13)15-11/h2-5H,6H2,1H3,(H3,13,14,15,16,17,18). The highest BCUT2D eigenvalue weighted by Gasteiger charge is 2.11. The van der Waals surface area contributed by atoms with E-state index in [1.807, 2.05) is 24.3 Å². The molecule has 2 aromatic heterocycles. The maximum Gasteiger partial charge on any atom is 0.249 e. The third kappa shape index (κ3) is 2.30. The third-order valence-corrected chi connectivity index (χ3v) is 2.70. The minimum Gasteiger partial charge on any atom is -0.497 e. The van der Waals surface area contributed by atoms with Crippen LogP contribution in [0.2, 0.25) is 0 Å². The molecular weight excluding hydrogens is 260 g/mol. The molecule has 0 saturated heterocycles. The molecule has 3 rings (SSSR count). The van der Waals surface area contributed by atoms with Crippen LogP contribution in [0.15, 0.2) is 24.3 Å². The van der Waals surface area contributed by atoms with Crippen molar-refractivity contribution < 1.29 is 9.47 Å². The Bertz CT molecular complexity index is 724. The molecule has 0 atom stereocenters. The summed E-state index contributed by atoms with van der Waals surface area (Å²) in [5.41, 5.74) is 7.39. The molecule has 20 heavy (non-hydrogen) atoms. The van der Waals surface area contributed by atoms with E-state index in [9.17, 15) is 0 Å². The van der Waals surface area contributed by atoms with Crippen LogP contribution in [0.25, 0.3) is 11.2 Å². The Morgan fingerprint density at radius 1 is 1.15 bits per heavy atom. The number of H-pyrrole nitrogens is 1. The topological polar surface area (TPSA) is 112 Å². The summed E-state index contributed by atoms with van der Waals surface area (Å²) in [5.74, 6) is 1.19. The van der Waals surface area contributed by atoms with Gasteiger partial charge >= 0.3 is 0 Å². The molecule has 2 heterocycles. The summed E-state index contributed by atoms with van der Waals surface area (Å²) in [5, 5.41) is 10.3. The maximum absolute atomic E-state index is 5.62. The first kappa shape index (κ1) is 12.2. The minimum absolute atomic E-state index is 0.0936. The zero-order chi connectivity index (χ0) is 13.9. The molecule has 0 spiro atoms. The van der Waals surface area contributed by atoms with E-state index in [0.717, 1.165) is 11.3 Å². The number of nitrogens with one attached hydrogen (secondary N) is 1. The van der Waals surface area contributed by atoms with Gasteiger partial charge in [0.2, 0.25) is 17.5 Å². The molecule has 3 aromatic rings. The monoisotopic (exact) mass is 272 g/mol. The lowest BCUT2D eigenvalue weighted by molar-refractivity contribution is 0.297. The Labute approximate surface area is 113 Å². The molecule has 0 aliphatic rings. The lowest BCUT2D eigenvalue weighted by Gasteiger charge is -2.06. The number of aromatic amines is 1. The highest BCUT2D eigenvalue weighted by Crippen LogP contribution is 2.20. The first-order chi connectivity index (χ1) is 9.76. The quantitative estimate of drug-likeness (QED) is 0.726. The van der Waals surface area contributed by atoms with Gasteiger partial charge in [-0.2, -0.15) is 15.2 Å². The number of methoxy groups -OCH3 is 1. The largest absolute Gasteiger partial charge is 0.497 e. The van der Waals surface area contributed by atoms with Crippen LogP contribution >= 0.6 is 0 Å². The van der Waals surface area contributed by atoms with Gasteiger partial charge in [0.05, 0.1) is 7.11 Å². The Balaban J connectivity index is 1.80. The summed E-state index contributed by atoms with van der Waals surface area (Å²) in [6, 6.07) is 7.53. The van der Waals surface area contributed by atoms with Crippen molar-refractivity contribution in [2.24, 2.45) is 0 Å². The normalized spacial score (nSPS) is 10.7. The fourth-order valence-corrected chi connectivity index (χ4v) is 1.71. The Morgan fingerprint density at radius 2 is 1.95 bits per heavy atom. The zero-order valence-electron chi connectivity index (χ0n) is 10.7. The average molecular weight is 272 g/mol. The smallest absolute Gasteiger partial charge is 0.249 e. The van der Waals surface area contributed by atoms with Gasteiger partial charge in [0.15, 0.2) is 5.52 Å². The molecule has 0 radical (unpaired) electrons. The second-order valence-corrected chi connectivity index (χ2v) is 4.02. The molecule has 0 amide bonds. The van der Waals surface area contributed by atoms with Crippen LogP contribution < -0.4 is 15.2 Å². The molecular formula is C12H12N6O2. The van der Waals surface area contributed by atoms with E-state index in [4.69, 9.17) is 15.2 Å². The number of aromatic nitrogens is 5. The Hall–Kier alpha value is -2.90. The molecule has 1 aromatic carbocycles. The zero-order valence-corrected chi connectivity index (χ0v) is 10.7. The van der Waals surface area contributed by atoms with Gasteiger partial charge in [-0.1, -0.05) is 12.1 Å². The summed E-state index contributed by atoms with van der Waals surface area (Å²) in [7, 11) is 1.62. The van der Waals surface area contributed by atoms with E-state index in [1.54, 1.807) is 7.11 Å². The van der Waals surface area contributed by atoms with Crippen LogP contribution in [-0.4, -0.2) is 32.5 Å². The van der Waals surface area contributed by atoms with E-state index in [1.165, 1.54) is 0 Å². The van der Waals surface area contributed by atoms with Crippen molar-refractivity contribution in [1.29, 1.82) is 0 Å². The van der Waals surface area contributed by atoms with Crippen molar-refractivity contribution in [3.63, 3.8) is 0 Å². The maximum atomic E-state index is 5.62. The fourth-order valence-electron chi connectivity index (χ4n) is 1.71. The van der Waals surface area contributed by atoms with Gasteiger partial charge in [0.25, 0.3) is 0 Å². The number of nitrogens with two attached hydrogens (primary N) is 1. The van der Waals surface area contributed by atoms with E-state index in [0.29, 0.717) is 23.7 Å². The highest BCUT2D eigenvalue weighted by atomic mass is 16.5. The lowest BCUT2D eigenvalue weighted by Crippen LogP contribution is -2.02. The molecule has 8 heteroatoms. The Morgan fingerprint density at radius 3 is 2.70 bits per heavy atom. The van der Waals surface area contributed by atoms with Crippen molar-refractivity contribution in [3.8, 4) is 11.6 Å². The lowest BCUT2D eigenvalue weighted by atomic mass is 10.2. The number of nitrogens with zero attached hydrogens (tertiary/aromatic N) is 4. The number of benzene rings is 1. The molecule has 0 aliphatic heterocycles. The van der Waals surface area contributed by atoms with Gasteiger partial charge in [0, 0.05) is 0 Å². The molecule has 102 valence electrons. The predicted molar refractivity (Wildman–Crippen MR) is 71.2 cm³/mol. The van der Waals surface area contributed by atoms with Crippen molar-refractivity contribution in [3.05, 3.63) is 29.8 Å². The molecule has 3 N–H and O–H groups in total. The van der Waals surface area contributed by atoms with Gasteiger partial charge in [-0.15, -0.1) is 10.2 Å². The van der Waals surface area contributed by atoms with E-state index in [2.05, 4.69) is 25.4 Å². The molecule has 8 nitrogen and oxygen atoms in total. The second kappa shape index (κ2) is 5.00. The van der Waals surface area contributed by atoms with Crippen LogP contribution in [0.3, 0.4) is 0 Å². The van der Waals surface area contributed by atoms with Crippen LogP contribution in [-0.2, 0) is 6.61 Å². The molecule has 0 bridgehead atoms. The third-order valence-electron chi connectivity index (χ3n) is 2.70. The second-order valence-electron chi connectivity index (χ2n) is 4.02. The van der Waals surface area contributed by atoms with Crippen molar-refractivity contribution in [2.45, 2.75) is 6.61 Å². The van der Waals surface area contributed by atoms with Gasteiger partial charge in [0.1, 0.15) is 12.4 Å². The number of fused-ring (bicyclic) bond motifs is 1. The first-order valence-electron chi connectivity index (χ1n) is 5.86. The summed E-state index contributed by atoms with van der Waals surface area (Å²) in [6.45, 7) is 0.336. The predicted octanol–water partition coefficient (Wildman–Crippen LogP) is 0.918. The van der Waals surface area contributed by atoms with Gasteiger partial charge in [-0.25, -0.2) is 0 Å². The SMILES string of the molecule is COc1ccc(COc2nc(N)nc3n[nH]nc23)cc1. The van der Waals surface area contributed by atoms with Crippen LogP contribution in [0.4, 0.5) is 5.95 Å². The average Bonchev–Trinajstić information content (AvgIpc) is 2.93. The Kier molecular flexibility index (Phi) is 3.04. The number of hydrogen-bond acceptors (Lipinski definition) is 7. The molecule has 0 aliphatic carbocycles. The summed E-state index contributed by atoms with van der Waals surface area (Å²) >= 11 is 0. The number of anilines is 1. The fraction of sp³-hybridized carbons (Fsp3) is 0.167. The van der Waals surface area contributed by atoms with Crippen LogP contribution in [0.1, 0.15) is 5.56 Å². The van der Waals surface area contributed by atoms with Gasteiger partial charge in [-0.05, 0) is 17.7 Å². The first-order valence-corrected chi connectivity index (χ1v) is 5.86. The molecule has 0 saturated carbocycles. The molecule has 0 unspecified atom stereocenters.